The van der Waals surface area contributed by atoms with Crippen LogP contribution < -0.4 is 4.90 Å². The Morgan fingerprint density at radius 1 is 1.29 bits per heavy atom. The van der Waals surface area contributed by atoms with Crippen molar-refractivity contribution in [3.05, 3.63) is 40.3 Å². The summed E-state index contributed by atoms with van der Waals surface area (Å²) in [5, 5.41) is 1.08. The van der Waals surface area contributed by atoms with Crippen LogP contribution in [0.15, 0.2) is 29.2 Å². The van der Waals surface area contributed by atoms with E-state index in [0.29, 0.717) is 29.0 Å². The number of thioether (sulfide) groups is 1. The van der Waals surface area contributed by atoms with Crippen LogP contribution in [-0.4, -0.2) is 53.0 Å². The summed E-state index contributed by atoms with van der Waals surface area (Å²) in [5.41, 5.74) is 3.11. The molecular formula is C21H23N3O2S2. The molecule has 0 spiro atoms. The quantitative estimate of drug-likeness (QED) is 0.558. The van der Waals surface area contributed by atoms with E-state index in [0.717, 1.165) is 41.8 Å². The number of nitrogens with zero attached hydrogens (tertiary/aromatic N) is 3. The second-order valence-electron chi connectivity index (χ2n) is 7.03. The summed E-state index contributed by atoms with van der Waals surface area (Å²) in [6.45, 7) is 7.74. The predicted molar refractivity (Wildman–Crippen MR) is 120 cm³/mol. The van der Waals surface area contributed by atoms with Gasteiger partial charge in [-0.25, -0.2) is 4.98 Å². The van der Waals surface area contributed by atoms with Crippen LogP contribution in [0.2, 0.25) is 0 Å². The molecule has 0 aliphatic carbocycles. The van der Waals surface area contributed by atoms with Crippen molar-refractivity contribution in [2.24, 2.45) is 0 Å². The lowest BCUT2D eigenvalue weighted by molar-refractivity contribution is -0.122. The molecule has 4 rings (SSSR count). The van der Waals surface area contributed by atoms with Crippen LogP contribution in [0.1, 0.15) is 24.5 Å². The van der Waals surface area contributed by atoms with E-state index in [-0.39, 0.29) is 5.91 Å². The van der Waals surface area contributed by atoms with Gasteiger partial charge in [-0.05, 0) is 37.6 Å². The summed E-state index contributed by atoms with van der Waals surface area (Å²) in [7, 11) is 0. The Morgan fingerprint density at radius 2 is 2.07 bits per heavy atom. The number of hydrogen-bond donors (Lipinski definition) is 0. The molecule has 5 nitrogen and oxygen atoms in total. The van der Waals surface area contributed by atoms with Crippen LogP contribution in [0, 0.1) is 6.92 Å². The number of carbonyl (C=O) groups excluding carboxylic acids is 1. The number of fused-ring (bicyclic) bond motifs is 1. The fourth-order valence-corrected chi connectivity index (χ4v) is 4.79. The van der Waals surface area contributed by atoms with Crippen molar-refractivity contribution < 1.29 is 9.53 Å². The first-order chi connectivity index (χ1) is 13.6. The van der Waals surface area contributed by atoms with Gasteiger partial charge in [0.2, 0.25) is 0 Å². The van der Waals surface area contributed by atoms with Gasteiger partial charge >= 0.3 is 0 Å². The van der Waals surface area contributed by atoms with Crippen molar-refractivity contribution in [1.82, 2.24) is 9.88 Å². The van der Waals surface area contributed by atoms with Crippen molar-refractivity contribution in [2.75, 3.05) is 37.7 Å². The predicted octanol–water partition coefficient (Wildman–Crippen LogP) is 3.99. The molecule has 0 N–H and O–H groups in total. The van der Waals surface area contributed by atoms with Crippen molar-refractivity contribution in [2.45, 2.75) is 20.3 Å². The maximum atomic E-state index is 12.8. The standard InChI is InChI=1S/C21H23N3O2S2/c1-3-6-24-20(25)18(28-21(24)27)13-16-12-15-11-14(2)4-5-17(15)22-19(16)23-7-9-26-10-8-23/h4-5,11-13H,3,6-10H2,1-2H3/b18-13-. The average molecular weight is 414 g/mol. The molecule has 1 amide bonds. The van der Waals surface area contributed by atoms with E-state index in [1.165, 1.54) is 17.3 Å². The van der Waals surface area contributed by atoms with E-state index in [9.17, 15) is 4.79 Å². The normalized spacial score (nSPS) is 19.3. The number of aryl methyl sites for hydroxylation is 1. The topological polar surface area (TPSA) is 45.7 Å². The van der Waals surface area contributed by atoms with E-state index >= 15 is 0 Å². The molecule has 146 valence electrons. The molecule has 1 aromatic heterocycles. The molecule has 2 aromatic rings. The fraction of sp³-hybridized carbons (Fsp3) is 0.381. The minimum absolute atomic E-state index is 0.00545. The van der Waals surface area contributed by atoms with Gasteiger partial charge < -0.3 is 9.64 Å². The molecule has 3 heterocycles. The summed E-state index contributed by atoms with van der Waals surface area (Å²) in [4.78, 5) is 22.4. The van der Waals surface area contributed by atoms with Gasteiger partial charge in [-0.2, -0.15) is 0 Å². The Bertz CT molecular complexity index is 968. The van der Waals surface area contributed by atoms with Crippen molar-refractivity contribution in [1.29, 1.82) is 0 Å². The van der Waals surface area contributed by atoms with Gasteiger partial charge in [0.15, 0.2) is 0 Å². The number of rotatable bonds is 4. The number of carbonyl (C=O) groups is 1. The molecule has 2 aliphatic rings. The van der Waals surface area contributed by atoms with Gasteiger partial charge in [0.1, 0.15) is 10.1 Å². The molecule has 0 unspecified atom stereocenters. The molecule has 0 bridgehead atoms. The third kappa shape index (κ3) is 3.79. The number of amides is 1. The molecule has 1 aromatic carbocycles. The molecule has 0 atom stereocenters. The third-order valence-electron chi connectivity index (χ3n) is 4.90. The van der Waals surface area contributed by atoms with Gasteiger partial charge in [0.25, 0.3) is 5.91 Å². The molecule has 0 radical (unpaired) electrons. The van der Waals surface area contributed by atoms with Crippen LogP contribution in [-0.2, 0) is 9.53 Å². The lowest BCUT2D eigenvalue weighted by Crippen LogP contribution is -2.37. The second-order valence-corrected chi connectivity index (χ2v) is 8.71. The van der Waals surface area contributed by atoms with E-state index < -0.39 is 0 Å². The van der Waals surface area contributed by atoms with Gasteiger partial charge in [0.05, 0.1) is 23.6 Å². The second kappa shape index (κ2) is 8.19. The summed E-state index contributed by atoms with van der Waals surface area (Å²) in [6.07, 6.45) is 2.84. The minimum atomic E-state index is -0.00545. The summed E-state index contributed by atoms with van der Waals surface area (Å²) in [6, 6.07) is 8.39. The Labute approximate surface area is 174 Å². The zero-order valence-corrected chi connectivity index (χ0v) is 17.7. The summed E-state index contributed by atoms with van der Waals surface area (Å²) >= 11 is 6.79. The maximum Gasteiger partial charge on any atom is 0.266 e. The number of hydrogen-bond acceptors (Lipinski definition) is 6. The van der Waals surface area contributed by atoms with E-state index in [1.807, 2.05) is 13.0 Å². The Kier molecular flexibility index (Phi) is 5.66. The van der Waals surface area contributed by atoms with E-state index in [4.69, 9.17) is 21.9 Å². The highest BCUT2D eigenvalue weighted by atomic mass is 32.2. The number of morpholine rings is 1. The summed E-state index contributed by atoms with van der Waals surface area (Å²) < 4.78 is 6.14. The van der Waals surface area contributed by atoms with E-state index in [2.05, 4.69) is 36.1 Å². The zero-order chi connectivity index (χ0) is 19.7. The number of anilines is 1. The van der Waals surface area contributed by atoms with Crippen LogP contribution in [0.3, 0.4) is 0 Å². The Balaban J connectivity index is 1.80. The molecule has 0 saturated carbocycles. The first-order valence-electron chi connectivity index (χ1n) is 9.56. The minimum Gasteiger partial charge on any atom is -0.378 e. The number of benzene rings is 1. The van der Waals surface area contributed by atoms with Crippen LogP contribution in [0.4, 0.5) is 5.82 Å². The highest BCUT2D eigenvalue weighted by molar-refractivity contribution is 8.26. The SMILES string of the molecule is CCCN1C(=O)/C(=C/c2cc3cc(C)ccc3nc2N2CCOCC2)SC1=S. The number of ether oxygens (including phenoxy) is 1. The van der Waals surface area contributed by atoms with Crippen LogP contribution in [0.25, 0.3) is 17.0 Å². The van der Waals surface area contributed by atoms with Crippen LogP contribution in [0.5, 0.6) is 0 Å². The zero-order valence-electron chi connectivity index (χ0n) is 16.1. The van der Waals surface area contributed by atoms with Crippen LogP contribution >= 0.6 is 24.0 Å². The smallest absolute Gasteiger partial charge is 0.266 e. The van der Waals surface area contributed by atoms with Gasteiger partial charge in [-0.1, -0.05) is 42.5 Å². The molecule has 2 fully saturated rings. The van der Waals surface area contributed by atoms with E-state index in [1.54, 1.807) is 4.90 Å². The third-order valence-corrected chi connectivity index (χ3v) is 6.27. The maximum absolute atomic E-state index is 12.8. The highest BCUT2D eigenvalue weighted by Crippen LogP contribution is 2.35. The average Bonchev–Trinajstić information content (AvgIpc) is 2.96. The largest absolute Gasteiger partial charge is 0.378 e. The Hall–Kier alpha value is -1.96. The van der Waals surface area contributed by atoms with Crippen molar-refractivity contribution in [3.8, 4) is 0 Å². The first-order valence-corrected chi connectivity index (χ1v) is 10.8. The Morgan fingerprint density at radius 3 is 2.82 bits per heavy atom. The number of thiocarbonyl (C=S) groups is 1. The van der Waals surface area contributed by atoms with Gasteiger partial charge in [-0.15, -0.1) is 0 Å². The monoisotopic (exact) mass is 413 g/mol. The lowest BCUT2D eigenvalue weighted by Gasteiger charge is -2.29. The van der Waals surface area contributed by atoms with Crippen molar-refractivity contribution >= 4 is 57.0 Å². The fourth-order valence-electron chi connectivity index (χ4n) is 3.49. The lowest BCUT2D eigenvalue weighted by atomic mass is 10.1. The summed E-state index contributed by atoms with van der Waals surface area (Å²) in [5.74, 6) is 0.898. The van der Waals surface area contributed by atoms with Gasteiger partial charge in [0, 0.05) is 30.6 Å². The number of pyridine rings is 1. The van der Waals surface area contributed by atoms with Gasteiger partial charge in [-0.3, -0.25) is 9.69 Å². The number of aromatic nitrogens is 1. The molecular weight excluding hydrogens is 390 g/mol. The molecule has 2 saturated heterocycles. The molecule has 2 aliphatic heterocycles. The van der Waals surface area contributed by atoms with Crippen molar-refractivity contribution in [3.63, 3.8) is 0 Å². The molecule has 28 heavy (non-hydrogen) atoms. The first kappa shape index (κ1) is 19.4. The molecule has 7 heteroatoms. The highest BCUT2D eigenvalue weighted by Gasteiger charge is 2.31.